The van der Waals surface area contributed by atoms with E-state index in [0.29, 0.717) is 19.0 Å². The monoisotopic (exact) mass is 434 g/mol. The number of methoxy groups -OCH3 is 1. The molecule has 3 aromatic rings. The van der Waals surface area contributed by atoms with Gasteiger partial charge < -0.3 is 20.1 Å². The lowest BCUT2D eigenvalue weighted by molar-refractivity contribution is 0.186. The van der Waals surface area contributed by atoms with Gasteiger partial charge in [0.2, 0.25) is 5.88 Å². The van der Waals surface area contributed by atoms with Crippen molar-refractivity contribution in [3.05, 3.63) is 53.6 Å². The molecule has 4 rings (SSSR count). The lowest BCUT2D eigenvalue weighted by atomic mass is 10.1. The Morgan fingerprint density at radius 2 is 1.88 bits per heavy atom. The molecule has 1 fully saturated rings. The maximum atomic E-state index is 10.7. The predicted molar refractivity (Wildman–Crippen MR) is 125 cm³/mol. The number of aliphatic hydroxyl groups is 1. The molecule has 1 aliphatic rings. The van der Waals surface area contributed by atoms with E-state index >= 15 is 0 Å². The summed E-state index contributed by atoms with van der Waals surface area (Å²) in [5.74, 6) is 2.18. The van der Waals surface area contributed by atoms with E-state index < -0.39 is 6.10 Å². The number of nitrogens with one attached hydrogen (secondary N) is 1. The van der Waals surface area contributed by atoms with Gasteiger partial charge in [0.1, 0.15) is 11.6 Å². The summed E-state index contributed by atoms with van der Waals surface area (Å²) in [7, 11) is 1.61. The van der Waals surface area contributed by atoms with Gasteiger partial charge >= 0.3 is 0 Å². The van der Waals surface area contributed by atoms with Crippen molar-refractivity contribution in [1.29, 1.82) is 0 Å². The van der Waals surface area contributed by atoms with Gasteiger partial charge in [0.25, 0.3) is 0 Å². The standard InChI is InChI=1S/C24H30N6O2/c1-5-17-23(16-10-11-22(32-4)26-15(16)3)27-18(6-2)24(28-17)29-19-13-30(14-20(19)31)21-9-7-8-12-25-21/h7-12,19-20,31H,5-6,13-14H2,1-4H3,(H,28,29)/t19-,20+/m1/s1. The van der Waals surface area contributed by atoms with E-state index in [0.717, 1.165) is 52.8 Å². The number of aliphatic hydroxyl groups excluding tert-OH is 1. The van der Waals surface area contributed by atoms with Gasteiger partial charge in [-0.15, -0.1) is 0 Å². The van der Waals surface area contributed by atoms with Gasteiger partial charge in [-0.05, 0) is 38.0 Å². The zero-order valence-electron chi connectivity index (χ0n) is 19.0. The van der Waals surface area contributed by atoms with Crippen molar-refractivity contribution in [3.8, 4) is 17.1 Å². The van der Waals surface area contributed by atoms with Crippen LogP contribution in [0.25, 0.3) is 11.3 Å². The number of β-amino-alcohol motifs (C(OH)–C–C–N with tert-alkyl or cyclic N) is 1. The number of aryl methyl sites for hydroxylation is 3. The highest BCUT2D eigenvalue weighted by Gasteiger charge is 2.33. The van der Waals surface area contributed by atoms with Crippen LogP contribution in [-0.4, -0.2) is 57.4 Å². The van der Waals surface area contributed by atoms with Gasteiger partial charge in [0, 0.05) is 30.9 Å². The van der Waals surface area contributed by atoms with Gasteiger partial charge in [-0.25, -0.2) is 19.9 Å². The number of rotatable bonds is 7. The first kappa shape index (κ1) is 22.0. The molecule has 0 saturated carbocycles. The maximum absolute atomic E-state index is 10.7. The summed E-state index contributed by atoms with van der Waals surface area (Å²) < 4.78 is 5.24. The van der Waals surface area contributed by atoms with Crippen molar-refractivity contribution in [2.24, 2.45) is 0 Å². The number of hydrogen-bond donors (Lipinski definition) is 2. The number of anilines is 2. The average Bonchev–Trinajstić information content (AvgIpc) is 3.19. The second-order valence-corrected chi connectivity index (χ2v) is 7.92. The fourth-order valence-electron chi connectivity index (χ4n) is 4.06. The van der Waals surface area contributed by atoms with Crippen LogP contribution in [0.4, 0.5) is 11.6 Å². The fourth-order valence-corrected chi connectivity index (χ4v) is 4.06. The molecule has 0 radical (unpaired) electrons. The Kier molecular flexibility index (Phi) is 6.50. The molecular formula is C24H30N6O2. The van der Waals surface area contributed by atoms with E-state index in [1.54, 1.807) is 13.3 Å². The molecule has 0 aromatic carbocycles. The molecule has 8 nitrogen and oxygen atoms in total. The molecule has 0 spiro atoms. The van der Waals surface area contributed by atoms with Crippen LogP contribution >= 0.6 is 0 Å². The van der Waals surface area contributed by atoms with Crippen LogP contribution in [0.2, 0.25) is 0 Å². The molecule has 3 aromatic heterocycles. The Balaban J connectivity index is 1.63. The number of nitrogens with zero attached hydrogens (tertiary/aromatic N) is 5. The lowest BCUT2D eigenvalue weighted by Gasteiger charge is -2.21. The van der Waals surface area contributed by atoms with Gasteiger partial charge in [0.05, 0.1) is 42.0 Å². The molecule has 168 valence electrons. The Morgan fingerprint density at radius 1 is 1.06 bits per heavy atom. The Hall–Kier alpha value is -3.26. The second-order valence-electron chi connectivity index (χ2n) is 7.92. The molecule has 32 heavy (non-hydrogen) atoms. The quantitative estimate of drug-likeness (QED) is 0.586. The second kappa shape index (κ2) is 9.48. The molecule has 4 heterocycles. The predicted octanol–water partition coefficient (Wildman–Crippen LogP) is 3.04. The van der Waals surface area contributed by atoms with Crippen LogP contribution in [0, 0.1) is 6.92 Å². The van der Waals surface area contributed by atoms with Crippen molar-refractivity contribution >= 4 is 11.6 Å². The van der Waals surface area contributed by atoms with E-state index in [1.807, 2.05) is 37.3 Å². The number of hydrogen-bond acceptors (Lipinski definition) is 8. The molecule has 0 aliphatic carbocycles. The minimum absolute atomic E-state index is 0.156. The molecule has 1 saturated heterocycles. The SMILES string of the molecule is CCc1nc(-c2ccc(OC)nc2C)c(CC)nc1N[C@@H]1CN(c2ccccn2)C[C@@H]1O. The van der Waals surface area contributed by atoms with Gasteiger partial charge in [-0.2, -0.15) is 0 Å². The summed E-state index contributed by atoms with van der Waals surface area (Å²) in [5.41, 5.74) is 4.43. The average molecular weight is 435 g/mol. The van der Waals surface area contributed by atoms with Crippen molar-refractivity contribution < 1.29 is 9.84 Å². The zero-order valence-corrected chi connectivity index (χ0v) is 19.0. The highest BCUT2D eigenvalue weighted by atomic mass is 16.5. The summed E-state index contributed by atoms with van der Waals surface area (Å²) in [5, 5.41) is 14.2. The molecular weight excluding hydrogens is 404 g/mol. The topological polar surface area (TPSA) is 96.3 Å². The van der Waals surface area contributed by atoms with Crippen LogP contribution in [-0.2, 0) is 12.8 Å². The summed E-state index contributed by atoms with van der Waals surface area (Å²) in [6, 6.07) is 9.49. The fraction of sp³-hybridized carbons (Fsp3) is 0.417. The largest absolute Gasteiger partial charge is 0.481 e. The van der Waals surface area contributed by atoms with E-state index in [2.05, 4.69) is 34.0 Å². The minimum atomic E-state index is -0.527. The smallest absolute Gasteiger partial charge is 0.213 e. The third kappa shape index (κ3) is 4.36. The summed E-state index contributed by atoms with van der Waals surface area (Å²) in [4.78, 5) is 20.9. The van der Waals surface area contributed by atoms with Crippen molar-refractivity contribution in [2.75, 3.05) is 30.4 Å². The summed E-state index contributed by atoms with van der Waals surface area (Å²) in [6.07, 6.45) is 2.70. The Bertz CT molecular complexity index is 1080. The molecule has 0 bridgehead atoms. The normalized spacial score (nSPS) is 18.1. The Morgan fingerprint density at radius 3 is 2.53 bits per heavy atom. The molecule has 0 unspecified atom stereocenters. The molecule has 8 heteroatoms. The maximum Gasteiger partial charge on any atom is 0.213 e. The molecule has 1 aliphatic heterocycles. The van der Waals surface area contributed by atoms with Crippen molar-refractivity contribution in [3.63, 3.8) is 0 Å². The first-order chi connectivity index (χ1) is 15.5. The van der Waals surface area contributed by atoms with Gasteiger partial charge in [-0.3, -0.25) is 0 Å². The van der Waals surface area contributed by atoms with Gasteiger partial charge in [0.15, 0.2) is 0 Å². The lowest BCUT2D eigenvalue weighted by Crippen LogP contribution is -2.33. The highest BCUT2D eigenvalue weighted by molar-refractivity contribution is 5.66. The number of pyridine rings is 2. The van der Waals surface area contributed by atoms with Crippen molar-refractivity contribution in [1.82, 2.24) is 19.9 Å². The van der Waals surface area contributed by atoms with Gasteiger partial charge in [-0.1, -0.05) is 19.9 Å². The molecule has 2 N–H and O–H groups in total. The van der Waals surface area contributed by atoms with E-state index in [4.69, 9.17) is 14.7 Å². The molecule has 2 atom stereocenters. The van der Waals surface area contributed by atoms with E-state index in [-0.39, 0.29) is 6.04 Å². The first-order valence-corrected chi connectivity index (χ1v) is 11.1. The first-order valence-electron chi connectivity index (χ1n) is 11.1. The van der Waals surface area contributed by atoms with Crippen LogP contribution < -0.4 is 15.0 Å². The van der Waals surface area contributed by atoms with E-state index in [1.165, 1.54) is 0 Å². The van der Waals surface area contributed by atoms with Crippen LogP contribution in [0.15, 0.2) is 36.5 Å². The summed E-state index contributed by atoms with van der Waals surface area (Å²) >= 11 is 0. The Labute approximate surface area is 188 Å². The van der Waals surface area contributed by atoms with Crippen LogP contribution in [0.5, 0.6) is 5.88 Å². The van der Waals surface area contributed by atoms with Crippen LogP contribution in [0.1, 0.15) is 30.9 Å². The van der Waals surface area contributed by atoms with E-state index in [9.17, 15) is 5.11 Å². The zero-order chi connectivity index (χ0) is 22.7. The van der Waals surface area contributed by atoms with Crippen molar-refractivity contribution in [2.45, 2.75) is 45.8 Å². The number of ether oxygens (including phenoxy) is 1. The molecule has 0 amide bonds. The highest BCUT2D eigenvalue weighted by Crippen LogP contribution is 2.29. The van der Waals surface area contributed by atoms with Crippen LogP contribution in [0.3, 0.4) is 0 Å². The summed E-state index contributed by atoms with van der Waals surface area (Å²) in [6.45, 7) is 7.27. The minimum Gasteiger partial charge on any atom is -0.481 e. The number of aromatic nitrogens is 4. The third-order valence-electron chi connectivity index (χ3n) is 5.82. The third-order valence-corrected chi connectivity index (χ3v) is 5.82.